The summed E-state index contributed by atoms with van der Waals surface area (Å²) < 4.78 is 59.7. The zero-order valence-electron chi connectivity index (χ0n) is 6.74. The van der Waals surface area contributed by atoms with E-state index in [-0.39, 0.29) is 6.02 Å². The molecule has 0 saturated heterocycles. The van der Waals surface area contributed by atoms with Gasteiger partial charge in [-0.2, -0.15) is 16.8 Å². The number of ether oxygens (including phenoxy) is 1. The number of rotatable bonds is 2. The monoisotopic (exact) mass is 252 g/mol. The van der Waals surface area contributed by atoms with E-state index in [1.54, 1.807) is 0 Å². The van der Waals surface area contributed by atoms with Crippen molar-refractivity contribution in [3.05, 3.63) is 0 Å². The second-order valence-electron chi connectivity index (χ2n) is 1.49. The Morgan fingerprint density at radius 2 is 1.43 bits per heavy atom. The zero-order chi connectivity index (χ0) is 12.0. The number of nitrogens with one attached hydrogen (secondary N) is 1. The second kappa shape index (κ2) is 5.71. The van der Waals surface area contributed by atoms with Crippen LogP contribution in [0.15, 0.2) is 0 Å². The van der Waals surface area contributed by atoms with E-state index >= 15 is 0 Å². The minimum Gasteiger partial charge on any atom is -0.469 e. The molecule has 0 aromatic heterocycles. The Morgan fingerprint density at radius 1 is 1.21 bits per heavy atom. The Morgan fingerprint density at radius 3 is 1.43 bits per heavy atom. The summed E-state index contributed by atoms with van der Waals surface area (Å²) in [5.74, 6) is 0. The van der Waals surface area contributed by atoms with Crippen LogP contribution in [0.3, 0.4) is 0 Å². The molecule has 0 aliphatic heterocycles. The molecule has 0 heterocycles. The van der Waals surface area contributed by atoms with Gasteiger partial charge in [0.1, 0.15) is 0 Å². The third-order valence-corrected chi connectivity index (χ3v) is 1.77. The lowest BCUT2D eigenvalue weighted by Crippen LogP contribution is -2.10. The fourth-order valence-electron chi connectivity index (χ4n) is 0.109. The topological polar surface area (TPSA) is 177 Å². The van der Waals surface area contributed by atoms with Crippen LogP contribution in [0.1, 0.15) is 0 Å². The minimum absolute atomic E-state index is 0.245. The van der Waals surface area contributed by atoms with E-state index in [1.165, 1.54) is 7.11 Å². The first-order valence-corrected chi connectivity index (χ1v) is 5.25. The number of methoxy groups -OCH3 is 1. The normalized spacial score (nSPS) is 11.1. The first-order chi connectivity index (χ1) is 5.98. The average Bonchev–Trinajstić information content (AvgIpc) is 1.80. The molecule has 0 aromatic carbocycles. The molecule has 0 spiro atoms. The molecule has 5 N–H and O–H groups in total. The standard InChI is InChI=1S/C2H6N2O.H2O7S2/c1-5-2(3)4;1-8(2,3)7-9(4,5)6/h1H3,(H3,3,4);(H,1,2,3)(H,4,5,6). The van der Waals surface area contributed by atoms with Crippen LogP contribution in [-0.4, -0.2) is 39.1 Å². The van der Waals surface area contributed by atoms with Crippen molar-refractivity contribution >= 4 is 26.8 Å². The summed E-state index contributed by atoms with van der Waals surface area (Å²) in [5, 5.41) is 6.30. The highest BCUT2D eigenvalue weighted by Crippen LogP contribution is 1.91. The van der Waals surface area contributed by atoms with Gasteiger partial charge in [-0.05, 0) is 0 Å². The molecule has 0 amide bonds. The predicted octanol–water partition coefficient (Wildman–Crippen LogP) is -1.87. The largest absolute Gasteiger partial charge is 0.469 e. The fourth-order valence-corrected chi connectivity index (χ4v) is 0.978. The summed E-state index contributed by atoms with van der Waals surface area (Å²) in [4.78, 5) is 0. The lowest BCUT2D eigenvalue weighted by Gasteiger charge is -1.89. The second-order valence-corrected chi connectivity index (χ2v) is 3.75. The Kier molecular flexibility index (Phi) is 6.33. The molecule has 0 fully saturated rings. The van der Waals surface area contributed by atoms with Gasteiger partial charge in [-0.25, -0.2) is 0 Å². The van der Waals surface area contributed by atoms with Gasteiger partial charge in [0.2, 0.25) is 0 Å². The van der Waals surface area contributed by atoms with Gasteiger partial charge < -0.3 is 10.5 Å². The molecule has 0 radical (unpaired) electrons. The maximum absolute atomic E-state index is 9.44. The Labute approximate surface area is 80.0 Å². The third-order valence-electron chi connectivity index (χ3n) is 0.392. The molecular weight excluding hydrogens is 244 g/mol. The number of amidine groups is 1. The maximum Gasteiger partial charge on any atom is 0.413 e. The van der Waals surface area contributed by atoms with Gasteiger partial charge in [0.25, 0.3) is 6.02 Å². The smallest absolute Gasteiger partial charge is 0.413 e. The van der Waals surface area contributed by atoms with E-state index in [2.05, 4.69) is 14.1 Å². The number of nitrogens with two attached hydrogens (primary N) is 1. The lowest BCUT2D eigenvalue weighted by molar-refractivity contribution is 0.344. The van der Waals surface area contributed by atoms with Gasteiger partial charge in [0.05, 0.1) is 7.11 Å². The minimum atomic E-state index is -5.12. The van der Waals surface area contributed by atoms with Crippen LogP contribution >= 0.6 is 0 Å². The number of hydrogen-bond acceptors (Lipinski definition) is 7. The number of hydrogen-bond donors (Lipinski definition) is 4. The van der Waals surface area contributed by atoms with Gasteiger partial charge in [0, 0.05) is 0 Å². The van der Waals surface area contributed by atoms with E-state index in [0.29, 0.717) is 0 Å². The van der Waals surface area contributed by atoms with Gasteiger partial charge in [-0.3, -0.25) is 14.5 Å². The predicted molar refractivity (Wildman–Crippen MR) is 43.1 cm³/mol. The van der Waals surface area contributed by atoms with E-state index in [9.17, 15) is 16.8 Å². The molecule has 0 aliphatic carbocycles. The van der Waals surface area contributed by atoms with Crippen molar-refractivity contribution in [1.82, 2.24) is 0 Å². The van der Waals surface area contributed by atoms with Crippen LogP contribution in [0.5, 0.6) is 0 Å². The summed E-state index contributed by atoms with van der Waals surface area (Å²) in [6.45, 7) is 0. The summed E-state index contributed by atoms with van der Waals surface area (Å²) in [7, 11) is -8.89. The first kappa shape index (κ1) is 15.5. The summed E-state index contributed by atoms with van der Waals surface area (Å²) in [5.41, 5.74) is 4.65. The molecular formula is C2H8N2O8S2. The van der Waals surface area contributed by atoms with Crippen LogP contribution in [0.2, 0.25) is 0 Å². The van der Waals surface area contributed by atoms with Crippen molar-refractivity contribution in [3.63, 3.8) is 0 Å². The summed E-state index contributed by atoms with van der Waals surface area (Å²) in [6, 6.07) is -0.245. The van der Waals surface area contributed by atoms with E-state index in [1.807, 2.05) is 0 Å². The molecule has 10 nitrogen and oxygen atoms in total. The fraction of sp³-hybridized carbons (Fsp3) is 0.500. The van der Waals surface area contributed by atoms with E-state index < -0.39 is 20.8 Å². The van der Waals surface area contributed by atoms with Gasteiger partial charge in [0.15, 0.2) is 0 Å². The molecule has 0 aliphatic rings. The maximum atomic E-state index is 9.44. The van der Waals surface area contributed by atoms with Crippen LogP contribution in [-0.2, 0) is 29.2 Å². The van der Waals surface area contributed by atoms with E-state index in [4.69, 9.17) is 14.5 Å². The molecule has 12 heteroatoms. The third kappa shape index (κ3) is 22.5. The highest BCUT2D eigenvalue weighted by atomic mass is 32.3. The summed E-state index contributed by atoms with van der Waals surface area (Å²) >= 11 is 0. The van der Waals surface area contributed by atoms with Crippen LogP contribution in [0.25, 0.3) is 0 Å². The van der Waals surface area contributed by atoms with Crippen LogP contribution < -0.4 is 5.73 Å². The SMILES string of the molecule is COC(=N)N.O=S(=O)(O)OS(=O)(=O)O. The molecule has 0 atom stereocenters. The molecule has 14 heavy (non-hydrogen) atoms. The molecule has 0 aromatic rings. The molecule has 0 rings (SSSR count). The van der Waals surface area contributed by atoms with Gasteiger partial charge in [-0.15, -0.1) is 3.63 Å². The Bertz CT molecular complexity index is 336. The van der Waals surface area contributed by atoms with Crippen molar-refractivity contribution in [2.45, 2.75) is 0 Å². The zero-order valence-corrected chi connectivity index (χ0v) is 8.37. The van der Waals surface area contributed by atoms with Crippen LogP contribution in [0.4, 0.5) is 0 Å². The van der Waals surface area contributed by atoms with Crippen LogP contribution in [0, 0.1) is 5.41 Å². The molecule has 0 saturated carbocycles. The van der Waals surface area contributed by atoms with Crippen molar-refractivity contribution in [1.29, 1.82) is 5.41 Å². The highest BCUT2D eigenvalue weighted by molar-refractivity contribution is 7.94. The van der Waals surface area contributed by atoms with Crippen molar-refractivity contribution < 1.29 is 34.3 Å². The van der Waals surface area contributed by atoms with Gasteiger partial charge in [-0.1, -0.05) is 0 Å². The quantitative estimate of drug-likeness (QED) is 0.249. The lowest BCUT2D eigenvalue weighted by atomic mass is 11.2. The van der Waals surface area contributed by atoms with Crippen molar-refractivity contribution in [3.8, 4) is 0 Å². The molecule has 0 unspecified atom stereocenters. The highest BCUT2D eigenvalue weighted by Gasteiger charge is 2.15. The average molecular weight is 252 g/mol. The van der Waals surface area contributed by atoms with Crippen molar-refractivity contribution in [2.24, 2.45) is 5.73 Å². The van der Waals surface area contributed by atoms with Crippen molar-refractivity contribution in [2.75, 3.05) is 7.11 Å². The molecule has 0 bridgehead atoms. The Balaban J connectivity index is 0. The Hall–Kier alpha value is -0.950. The van der Waals surface area contributed by atoms with Gasteiger partial charge >= 0.3 is 20.8 Å². The molecule has 86 valence electrons. The summed E-state index contributed by atoms with van der Waals surface area (Å²) in [6.07, 6.45) is 0. The van der Waals surface area contributed by atoms with E-state index in [0.717, 1.165) is 0 Å². The first-order valence-electron chi connectivity index (χ1n) is 2.52.